The molecule has 5 nitrogen and oxygen atoms in total. The molecule has 3 aromatic carbocycles. The molecule has 0 aliphatic rings. The number of anilines is 1. The molecular weight excluding hydrogens is 378 g/mol. The number of nitrogens with one attached hydrogen (secondary N) is 1. The SMILES string of the molecule is COC(=O)c1ccc(NC(c2ccccc2)c2oc3ccc(OC)cc3c2C)cc1. The first kappa shape index (κ1) is 19.6. The number of ether oxygens (including phenoxy) is 2. The lowest BCUT2D eigenvalue weighted by Crippen LogP contribution is -2.13. The minimum absolute atomic E-state index is 0.200. The van der Waals surface area contributed by atoms with E-state index >= 15 is 0 Å². The number of rotatable bonds is 6. The highest BCUT2D eigenvalue weighted by atomic mass is 16.5. The van der Waals surface area contributed by atoms with Crippen LogP contribution in [0.5, 0.6) is 5.75 Å². The van der Waals surface area contributed by atoms with Gasteiger partial charge in [0.2, 0.25) is 0 Å². The second-order valence-corrected chi connectivity index (χ2v) is 7.01. The number of aryl methyl sites for hydroxylation is 1. The third-order valence-electron chi connectivity index (χ3n) is 5.19. The van der Waals surface area contributed by atoms with E-state index in [1.54, 1.807) is 19.2 Å². The van der Waals surface area contributed by atoms with Gasteiger partial charge in [-0.15, -0.1) is 0 Å². The van der Waals surface area contributed by atoms with Gasteiger partial charge in [-0.2, -0.15) is 0 Å². The second-order valence-electron chi connectivity index (χ2n) is 7.01. The van der Waals surface area contributed by atoms with Gasteiger partial charge in [-0.3, -0.25) is 0 Å². The zero-order chi connectivity index (χ0) is 21.1. The fraction of sp³-hybridized carbons (Fsp3) is 0.160. The van der Waals surface area contributed by atoms with Crippen molar-refractivity contribution >= 4 is 22.6 Å². The monoisotopic (exact) mass is 401 g/mol. The molecule has 0 spiro atoms. The van der Waals surface area contributed by atoms with Crippen molar-refractivity contribution < 1.29 is 18.7 Å². The van der Waals surface area contributed by atoms with Gasteiger partial charge in [0.15, 0.2) is 0 Å². The lowest BCUT2D eigenvalue weighted by Gasteiger charge is -2.19. The van der Waals surface area contributed by atoms with Crippen molar-refractivity contribution in [2.24, 2.45) is 0 Å². The Labute approximate surface area is 175 Å². The van der Waals surface area contributed by atoms with Crippen molar-refractivity contribution in [3.63, 3.8) is 0 Å². The Balaban J connectivity index is 1.75. The van der Waals surface area contributed by atoms with Crippen molar-refractivity contribution in [2.75, 3.05) is 19.5 Å². The molecule has 1 heterocycles. The standard InChI is InChI=1S/C25H23NO4/c1-16-21-15-20(28-2)13-14-22(21)30-24(16)23(17-7-5-4-6-8-17)26-19-11-9-18(10-12-19)25(27)29-3/h4-15,23,26H,1-3H3. The van der Waals surface area contributed by atoms with Gasteiger partial charge in [0.1, 0.15) is 23.1 Å². The van der Waals surface area contributed by atoms with Crippen LogP contribution in [0.2, 0.25) is 0 Å². The summed E-state index contributed by atoms with van der Waals surface area (Å²) in [5, 5.41) is 4.57. The summed E-state index contributed by atoms with van der Waals surface area (Å²) in [6, 6.07) is 23.0. The third-order valence-corrected chi connectivity index (χ3v) is 5.19. The van der Waals surface area contributed by atoms with Crippen LogP contribution in [0.1, 0.15) is 33.3 Å². The van der Waals surface area contributed by atoms with Gasteiger partial charge in [0.25, 0.3) is 0 Å². The number of furan rings is 1. The zero-order valence-corrected chi connectivity index (χ0v) is 17.1. The maximum absolute atomic E-state index is 11.7. The van der Waals surface area contributed by atoms with Crippen LogP contribution in [0.4, 0.5) is 5.69 Å². The summed E-state index contributed by atoms with van der Waals surface area (Å²) in [6.07, 6.45) is 0. The molecule has 152 valence electrons. The summed E-state index contributed by atoms with van der Waals surface area (Å²) in [7, 11) is 3.03. The number of methoxy groups -OCH3 is 2. The number of fused-ring (bicyclic) bond motifs is 1. The molecular formula is C25H23NO4. The van der Waals surface area contributed by atoms with Crippen molar-refractivity contribution in [3.8, 4) is 5.75 Å². The van der Waals surface area contributed by atoms with Crippen molar-refractivity contribution in [3.05, 3.63) is 95.2 Å². The Morgan fingerprint density at radius 1 is 0.967 bits per heavy atom. The summed E-state index contributed by atoms with van der Waals surface area (Å²) in [6.45, 7) is 2.05. The minimum atomic E-state index is -0.358. The summed E-state index contributed by atoms with van der Waals surface area (Å²) in [4.78, 5) is 11.7. The Kier molecular flexibility index (Phi) is 5.44. The van der Waals surface area contributed by atoms with E-state index in [-0.39, 0.29) is 12.0 Å². The lowest BCUT2D eigenvalue weighted by molar-refractivity contribution is 0.0601. The summed E-state index contributed by atoms with van der Waals surface area (Å²) >= 11 is 0. The molecule has 0 aliphatic carbocycles. The number of hydrogen-bond donors (Lipinski definition) is 1. The van der Waals surface area contributed by atoms with Gasteiger partial charge in [0.05, 0.1) is 19.8 Å². The van der Waals surface area contributed by atoms with E-state index in [2.05, 4.69) is 24.4 Å². The molecule has 1 unspecified atom stereocenters. The van der Waals surface area contributed by atoms with Gasteiger partial charge < -0.3 is 19.2 Å². The van der Waals surface area contributed by atoms with E-state index in [0.29, 0.717) is 5.56 Å². The summed E-state index contributed by atoms with van der Waals surface area (Å²) < 4.78 is 16.4. The third kappa shape index (κ3) is 3.74. The molecule has 0 aliphatic heterocycles. The molecule has 0 amide bonds. The summed E-state index contributed by atoms with van der Waals surface area (Å²) in [5.74, 6) is 1.27. The fourth-order valence-electron chi connectivity index (χ4n) is 3.55. The van der Waals surface area contributed by atoms with Gasteiger partial charge in [-0.25, -0.2) is 4.79 Å². The molecule has 0 bridgehead atoms. The van der Waals surface area contributed by atoms with E-state index in [0.717, 1.165) is 39.3 Å². The predicted octanol–water partition coefficient (Wildman–Crippen LogP) is 5.74. The van der Waals surface area contributed by atoms with E-state index < -0.39 is 0 Å². The molecule has 4 aromatic rings. The molecule has 1 aromatic heterocycles. The lowest BCUT2D eigenvalue weighted by atomic mass is 10.00. The predicted molar refractivity (Wildman–Crippen MR) is 117 cm³/mol. The topological polar surface area (TPSA) is 60.7 Å². The number of esters is 1. The Hall–Kier alpha value is -3.73. The Bertz CT molecular complexity index is 1160. The number of carbonyl (C=O) groups is 1. The highest BCUT2D eigenvalue weighted by Crippen LogP contribution is 2.36. The van der Waals surface area contributed by atoms with Crippen molar-refractivity contribution in [1.29, 1.82) is 0 Å². The van der Waals surface area contributed by atoms with Crippen LogP contribution in [0, 0.1) is 6.92 Å². The zero-order valence-electron chi connectivity index (χ0n) is 17.1. The van der Waals surface area contributed by atoms with Crippen LogP contribution in [-0.2, 0) is 4.74 Å². The van der Waals surface area contributed by atoms with Crippen LogP contribution in [0.25, 0.3) is 11.0 Å². The first-order chi connectivity index (χ1) is 14.6. The fourth-order valence-corrected chi connectivity index (χ4v) is 3.55. The molecule has 0 radical (unpaired) electrons. The molecule has 5 heteroatoms. The van der Waals surface area contributed by atoms with Crippen molar-refractivity contribution in [1.82, 2.24) is 0 Å². The number of carbonyl (C=O) groups excluding carboxylic acids is 1. The highest BCUT2D eigenvalue weighted by molar-refractivity contribution is 5.89. The van der Waals surface area contributed by atoms with Crippen LogP contribution in [0.15, 0.2) is 77.2 Å². The largest absolute Gasteiger partial charge is 0.497 e. The van der Waals surface area contributed by atoms with Gasteiger partial charge in [-0.1, -0.05) is 30.3 Å². The smallest absolute Gasteiger partial charge is 0.337 e. The molecule has 30 heavy (non-hydrogen) atoms. The number of benzene rings is 3. The van der Waals surface area contributed by atoms with Gasteiger partial charge >= 0.3 is 5.97 Å². The first-order valence-electron chi connectivity index (χ1n) is 9.67. The summed E-state index contributed by atoms with van der Waals surface area (Å²) in [5.41, 5.74) is 4.31. The quantitative estimate of drug-likeness (QED) is 0.418. The van der Waals surface area contributed by atoms with Gasteiger partial charge in [0, 0.05) is 16.6 Å². The molecule has 1 atom stereocenters. The maximum atomic E-state index is 11.7. The van der Waals surface area contributed by atoms with Crippen LogP contribution in [0.3, 0.4) is 0 Å². The van der Waals surface area contributed by atoms with E-state index in [1.165, 1.54) is 7.11 Å². The van der Waals surface area contributed by atoms with Gasteiger partial charge in [-0.05, 0) is 55.0 Å². The van der Waals surface area contributed by atoms with Crippen molar-refractivity contribution in [2.45, 2.75) is 13.0 Å². The van der Waals surface area contributed by atoms with E-state index in [9.17, 15) is 4.79 Å². The van der Waals surface area contributed by atoms with E-state index in [4.69, 9.17) is 13.9 Å². The number of hydrogen-bond acceptors (Lipinski definition) is 5. The van der Waals surface area contributed by atoms with Crippen LogP contribution < -0.4 is 10.1 Å². The maximum Gasteiger partial charge on any atom is 0.337 e. The minimum Gasteiger partial charge on any atom is -0.497 e. The van der Waals surface area contributed by atoms with E-state index in [1.807, 2.05) is 48.5 Å². The Morgan fingerprint density at radius 2 is 1.70 bits per heavy atom. The molecule has 0 saturated carbocycles. The highest BCUT2D eigenvalue weighted by Gasteiger charge is 2.22. The molecule has 4 rings (SSSR count). The normalized spacial score (nSPS) is 11.8. The first-order valence-corrected chi connectivity index (χ1v) is 9.67. The van der Waals surface area contributed by atoms with Crippen LogP contribution in [-0.4, -0.2) is 20.2 Å². The molecule has 0 saturated heterocycles. The van der Waals surface area contributed by atoms with Crippen LogP contribution >= 0.6 is 0 Å². The average Bonchev–Trinajstić information content (AvgIpc) is 3.13. The Morgan fingerprint density at radius 3 is 2.37 bits per heavy atom. The average molecular weight is 401 g/mol. The molecule has 1 N–H and O–H groups in total. The second kappa shape index (κ2) is 8.33. The molecule has 0 fully saturated rings.